The summed E-state index contributed by atoms with van der Waals surface area (Å²) in [5.74, 6) is 0.495. The Kier molecular flexibility index (Phi) is 5.35. The highest BCUT2D eigenvalue weighted by atomic mass is 32.2. The number of benzene rings is 1. The SMILES string of the molecule is CSN1CCCC(C(=O)Nc2oncc2-c2ccccc2)CC1. The maximum Gasteiger partial charge on any atom is 0.239 e. The standard InChI is InChI=1S/C17H21N3O2S/c1-23-20-10-5-8-14(9-11-20)16(21)19-17-15(12-18-22-17)13-6-3-2-4-7-13/h2-4,6-7,12,14H,5,8-11H2,1H3,(H,19,21). The number of rotatable bonds is 4. The van der Waals surface area contributed by atoms with Crippen LogP contribution in [0.1, 0.15) is 19.3 Å². The fourth-order valence-electron chi connectivity index (χ4n) is 2.88. The maximum absolute atomic E-state index is 12.6. The molecule has 2 aromatic rings. The topological polar surface area (TPSA) is 58.4 Å². The van der Waals surface area contributed by atoms with E-state index in [0.717, 1.165) is 43.5 Å². The van der Waals surface area contributed by atoms with Crippen LogP contribution in [-0.4, -0.2) is 34.7 Å². The second-order valence-electron chi connectivity index (χ2n) is 5.66. The summed E-state index contributed by atoms with van der Waals surface area (Å²) in [6.45, 7) is 1.99. The molecule has 1 fully saturated rings. The van der Waals surface area contributed by atoms with Crippen LogP contribution in [0.4, 0.5) is 5.88 Å². The van der Waals surface area contributed by atoms with Gasteiger partial charge >= 0.3 is 0 Å². The summed E-state index contributed by atoms with van der Waals surface area (Å²) in [7, 11) is 0. The Labute approximate surface area is 140 Å². The van der Waals surface area contributed by atoms with Crippen LogP contribution in [0.2, 0.25) is 0 Å². The molecular weight excluding hydrogens is 310 g/mol. The van der Waals surface area contributed by atoms with E-state index in [0.29, 0.717) is 5.88 Å². The quantitative estimate of drug-likeness (QED) is 0.867. The number of hydrogen-bond donors (Lipinski definition) is 1. The first-order valence-corrected chi connectivity index (χ1v) is 9.06. The van der Waals surface area contributed by atoms with Gasteiger partial charge in [0.1, 0.15) is 0 Å². The lowest BCUT2D eigenvalue weighted by atomic mass is 10.00. The Morgan fingerprint density at radius 2 is 2.13 bits per heavy atom. The van der Waals surface area contributed by atoms with Crippen molar-refractivity contribution in [3.05, 3.63) is 36.5 Å². The van der Waals surface area contributed by atoms with Crippen molar-refractivity contribution in [2.24, 2.45) is 5.92 Å². The Balaban J connectivity index is 1.68. The van der Waals surface area contributed by atoms with Gasteiger partial charge in [-0.15, -0.1) is 0 Å². The van der Waals surface area contributed by atoms with Crippen LogP contribution in [-0.2, 0) is 4.79 Å². The van der Waals surface area contributed by atoms with Crippen LogP contribution >= 0.6 is 11.9 Å². The molecule has 1 amide bonds. The molecule has 23 heavy (non-hydrogen) atoms. The Morgan fingerprint density at radius 3 is 2.91 bits per heavy atom. The molecule has 0 saturated carbocycles. The van der Waals surface area contributed by atoms with E-state index in [1.807, 2.05) is 30.3 Å². The molecule has 3 rings (SSSR count). The second-order valence-corrected chi connectivity index (χ2v) is 6.54. The molecule has 1 atom stereocenters. The molecule has 0 bridgehead atoms. The van der Waals surface area contributed by atoms with Crippen molar-refractivity contribution in [2.45, 2.75) is 19.3 Å². The summed E-state index contributed by atoms with van der Waals surface area (Å²) in [5, 5.41) is 6.77. The zero-order chi connectivity index (χ0) is 16.1. The number of nitrogens with one attached hydrogen (secondary N) is 1. The van der Waals surface area contributed by atoms with Crippen molar-refractivity contribution in [1.29, 1.82) is 0 Å². The highest BCUT2D eigenvalue weighted by molar-refractivity contribution is 7.96. The smallest absolute Gasteiger partial charge is 0.239 e. The van der Waals surface area contributed by atoms with Gasteiger partial charge in [-0.25, -0.2) is 0 Å². The highest BCUT2D eigenvalue weighted by Gasteiger charge is 2.24. The lowest BCUT2D eigenvalue weighted by Gasteiger charge is -2.16. The van der Waals surface area contributed by atoms with Crippen molar-refractivity contribution >= 4 is 23.7 Å². The summed E-state index contributed by atoms with van der Waals surface area (Å²) < 4.78 is 7.57. The molecule has 0 spiro atoms. The van der Waals surface area contributed by atoms with Crippen LogP contribution in [0, 0.1) is 5.92 Å². The molecule has 0 aliphatic carbocycles. The first kappa shape index (κ1) is 16.1. The third-order valence-electron chi connectivity index (χ3n) is 4.21. The zero-order valence-electron chi connectivity index (χ0n) is 13.2. The minimum atomic E-state index is 0.0286. The number of aromatic nitrogens is 1. The van der Waals surface area contributed by atoms with Gasteiger partial charge in [-0.3, -0.25) is 14.4 Å². The normalized spacial score (nSPS) is 19.3. The molecule has 1 aliphatic heterocycles. The van der Waals surface area contributed by atoms with Gasteiger partial charge in [0.05, 0.1) is 11.8 Å². The fraction of sp³-hybridized carbons (Fsp3) is 0.412. The Bertz CT molecular complexity index is 644. The first-order valence-electron chi connectivity index (χ1n) is 7.88. The average molecular weight is 331 g/mol. The van der Waals surface area contributed by atoms with Crippen molar-refractivity contribution in [3.8, 4) is 11.1 Å². The van der Waals surface area contributed by atoms with Gasteiger partial charge in [0.25, 0.3) is 0 Å². The van der Waals surface area contributed by atoms with E-state index in [-0.39, 0.29) is 11.8 Å². The van der Waals surface area contributed by atoms with Crippen molar-refractivity contribution in [3.63, 3.8) is 0 Å². The van der Waals surface area contributed by atoms with Crippen LogP contribution in [0.25, 0.3) is 11.1 Å². The predicted octanol–water partition coefficient (Wildman–Crippen LogP) is 3.66. The van der Waals surface area contributed by atoms with Crippen molar-refractivity contribution < 1.29 is 9.32 Å². The van der Waals surface area contributed by atoms with Gasteiger partial charge in [0, 0.05) is 19.0 Å². The molecule has 1 aliphatic rings. The summed E-state index contributed by atoms with van der Waals surface area (Å²) in [5.41, 5.74) is 1.80. The van der Waals surface area contributed by atoms with Gasteiger partial charge < -0.3 is 4.52 Å². The second kappa shape index (κ2) is 7.66. The van der Waals surface area contributed by atoms with E-state index in [4.69, 9.17) is 4.52 Å². The van der Waals surface area contributed by atoms with E-state index in [9.17, 15) is 4.79 Å². The van der Waals surface area contributed by atoms with Crippen molar-refractivity contribution in [2.75, 3.05) is 24.7 Å². The molecule has 0 radical (unpaired) electrons. The molecule has 2 heterocycles. The Morgan fingerprint density at radius 1 is 1.30 bits per heavy atom. The van der Waals surface area contributed by atoms with E-state index in [2.05, 4.69) is 21.0 Å². The lowest BCUT2D eigenvalue weighted by Crippen LogP contribution is -2.24. The first-order chi connectivity index (χ1) is 11.3. The highest BCUT2D eigenvalue weighted by Crippen LogP contribution is 2.29. The van der Waals surface area contributed by atoms with Gasteiger partial charge in [-0.05, 0) is 31.1 Å². The molecule has 1 N–H and O–H groups in total. The van der Waals surface area contributed by atoms with Gasteiger partial charge in [0.2, 0.25) is 11.8 Å². The summed E-state index contributed by atoms with van der Waals surface area (Å²) in [6.07, 6.45) is 6.56. The number of amides is 1. The Hall–Kier alpha value is -1.79. The number of carbonyl (C=O) groups excluding carboxylic acids is 1. The van der Waals surface area contributed by atoms with Crippen LogP contribution in [0.15, 0.2) is 41.1 Å². The van der Waals surface area contributed by atoms with E-state index in [1.54, 1.807) is 18.1 Å². The minimum Gasteiger partial charge on any atom is -0.338 e. The van der Waals surface area contributed by atoms with Crippen LogP contribution in [0.5, 0.6) is 0 Å². The zero-order valence-corrected chi connectivity index (χ0v) is 14.0. The molecule has 5 nitrogen and oxygen atoms in total. The summed E-state index contributed by atoms with van der Waals surface area (Å²) in [6, 6.07) is 9.82. The molecule has 1 aromatic carbocycles. The molecule has 6 heteroatoms. The average Bonchev–Trinajstić information content (AvgIpc) is 2.90. The molecule has 1 aromatic heterocycles. The third-order valence-corrected chi connectivity index (χ3v) is 5.09. The summed E-state index contributed by atoms with van der Waals surface area (Å²) in [4.78, 5) is 12.6. The van der Waals surface area contributed by atoms with E-state index >= 15 is 0 Å². The van der Waals surface area contributed by atoms with E-state index in [1.165, 1.54) is 0 Å². The molecule has 1 saturated heterocycles. The van der Waals surface area contributed by atoms with E-state index < -0.39 is 0 Å². The van der Waals surface area contributed by atoms with Gasteiger partial charge in [-0.1, -0.05) is 47.4 Å². The third kappa shape index (κ3) is 3.95. The largest absolute Gasteiger partial charge is 0.338 e. The number of carbonyl (C=O) groups is 1. The minimum absolute atomic E-state index is 0.0286. The summed E-state index contributed by atoms with van der Waals surface area (Å²) >= 11 is 1.75. The maximum atomic E-state index is 12.6. The lowest BCUT2D eigenvalue weighted by molar-refractivity contribution is -0.120. The van der Waals surface area contributed by atoms with Crippen LogP contribution < -0.4 is 5.32 Å². The van der Waals surface area contributed by atoms with Gasteiger partial charge in [-0.2, -0.15) is 0 Å². The number of anilines is 1. The van der Waals surface area contributed by atoms with Gasteiger partial charge in [0.15, 0.2) is 0 Å². The monoisotopic (exact) mass is 331 g/mol. The number of hydrogen-bond acceptors (Lipinski definition) is 5. The fourth-order valence-corrected chi connectivity index (χ4v) is 3.48. The molecule has 122 valence electrons. The van der Waals surface area contributed by atoms with Crippen molar-refractivity contribution in [1.82, 2.24) is 9.46 Å². The molecule has 1 unspecified atom stereocenters. The van der Waals surface area contributed by atoms with Crippen LogP contribution in [0.3, 0.4) is 0 Å². The predicted molar refractivity (Wildman–Crippen MR) is 93.0 cm³/mol. The molecular formula is C17H21N3O2S. The number of nitrogens with zero attached hydrogens (tertiary/aromatic N) is 2.